The molecular weight excluding hydrogens is 1120 g/mol. The number of hydrogen-bond donors (Lipinski definition) is 0. The van der Waals surface area contributed by atoms with Crippen LogP contribution in [0.25, 0.3) is 114 Å². The highest BCUT2D eigenvalue weighted by Crippen LogP contribution is 2.53. The van der Waals surface area contributed by atoms with Gasteiger partial charge in [0.05, 0.1) is 28.1 Å². The Morgan fingerprint density at radius 3 is 1.55 bits per heavy atom. The van der Waals surface area contributed by atoms with Gasteiger partial charge in [-0.25, -0.2) is 0 Å². The summed E-state index contributed by atoms with van der Waals surface area (Å²) in [7, 11) is 0. The second kappa shape index (κ2) is 20.0. The highest BCUT2D eigenvalue weighted by molar-refractivity contribution is 7.33. The summed E-state index contributed by atoms with van der Waals surface area (Å²) in [5.74, 6) is 0. The van der Waals surface area contributed by atoms with Crippen LogP contribution in [0.1, 0.15) is 52.7 Å². The van der Waals surface area contributed by atoms with Crippen LogP contribution in [-0.2, 0) is 10.8 Å². The van der Waals surface area contributed by atoms with Crippen molar-refractivity contribution in [2.45, 2.75) is 52.4 Å². The van der Waals surface area contributed by atoms with E-state index in [1.165, 1.54) is 153 Å². The molecule has 0 N–H and O–H groups in total. The van der Waals surface area contributed by atoms with Gasteiger partial charge in [0.25, 0.3) is 6.71 Å². The van der Waals surface area contributed by atoms with Crippen molar-refractivity contribution in [1.82, 2.24) is 4.57 Å². The van der Waals surface area contributed by atoms with Gasteiger partial charge in [0.15, 0.2) is 0 Å². The van der Waals surface area contributed by atoms with Gasteiger partial charge in [-0.05, 0) is 177 Å². The van der Waals surface area contributed by atoms with Crippen molar-refractivity contribution in [2.24, 2.45) is 0 Å². The molecule has 0 aliphatic carbocycles. The number of thiophene rings is 1. The Hall–Kier alpha value is -10.5. The average molecular weight is 1180 g/mol. The maximum atomic E-state index is 2.68. The summed E-state index contributed by atoms with van der Waals surface area (Å²) in [6, 6.07) is 106. The van der Waals surface area contributed by atoms with Crippen LogP contribution in [0, 0.1) is 0 Å². The summed E-state index contributed by atoms with van der Waals surface area (Å²) in [6.45, 7) is 13.9. The molecule has 2 aliphatic heterocycles. The minimum atomic E-state index is -0.148. The molecule has 0 amide bonds. The van der Waals surface area contributed by atoms with Crippen LogP contribution in [0.3, 0.4) is 0 Å². The van der Waals surface area contributed by atoms with Crippen molar-refractivity contribution in [2.75, 3.05) is 9.80 Å². The van der Waals surface area contributed by atoms with Crippen LogP contribution in [0.2, 0.25) is 0 Å². The fraction of sp³-hybridized carbons (Fsp3) is 0.0930. The van der Waals surface area contributed by atoms with Crippen LogP contribution < -0.4 is 25.5 Å². The monoisotopic (exact) mass is 1180 g/mol. The summed E-state index contributed by atoms with van der Waals surface area (Å²) >= 11 is 1.96. The lowest BCUT2D eigenvalue weighted by Crippen LogP contribution is -2.60. The smallest absolute Gasteiger partial charge is 0.264 e. The lowest BCUT2D eigenvalue weighted by molar-refractivity contribution is 0.590. The van der Waals surface area contributed by atoms with Crippen molar-refractivity contribution in [3.8, 4) is 50.2 Å². The summed E-state index contributed by atoms with van der Waals surface area (Å²) in [5.41, 5.74) is 25.1. The van der Waals surface area contributed by atoms with Crippen LogP contribution in [0.4, 0.5) is 34.1 Å². The third-order valence-corrected chi connectivity index (χ3v) is 21.0. The third kappa shape index (κ3) is 8.34. The lowest BCUT2D eigenvalue weighted by Gasteiger charge is -2.44. The summed E-state index contributed by atoms with van der Waals surface area (Å²) in [4.78, 5) is 5.33. The van der Waals surface area contributed by atoms with Crippen LogP contribution in [0.5, 0.6) is 0 Å². The Labute approximate surface area is 535 Å². The van der Waals surface area contributed by atoms with Crippen LogP contribution in [-0.4, -0.2) is 11.3 Å². The molecule has 2 aromatic heterocycles. The molecule has 0 bridgehead atoms. The molecule has 2 aliphatic rings. The van der Waals surface area contributed by atoms with Gasteiger partial charge in [-0.3, -0.25) is 0 Å². The molecule has 91 heavy (non-hydrogen) atoms. The molecule has 432 valence electrons. The average Bonchev–Trinajstić information content (AvgIpc) is 1.68. The first kappa shape index (κ1) is 53.6. The van der Waals surface area contributed by atoms with Gasteiger partial charge >= 0.3 is 0 Å². The standard InChI is InChI=1S/C86H64BN3S/c1-85(2,3)62-37-40-64(41-38-62)89-77-51-65(88-73-29-15-13-27-67(73)68-28-14-16-30-74(68)88)52-78-82(77)87(84-83(89)71-48-60(36-46-79(71)91-84)54-21-11-8-12-22-54)72-49-61(59-26-18-25-58(47-59)53-19-9-7-10-20-53)35-44-76(72)90(78)75-45-39-63(86(4,5)6)50-70(75)66-42-33-57-32-31-55-23-17-24-56-34-43-69(66)81(57)80(55)56/h7-52H,1-6H3. The van der Waals surface area contributed by atoms with Crippen molar-refractivity contribution in [3.63, 3.8) is 0 Å². The number of aromatic nitrogens is 1. The Morgan fingerprint density at radius 2 is 0.868 bits per heavy atom. The van der Waals surface area contributed by atoms with E-state index in [2.05, 4.69) is 335 Å². The predicted molar refractivity (Wildman–Crippen MR) is 393 cm³/mol. The second-order valence-electron chi connectivity index (χ2n) is 27.2. The van der Waals surface area contributed by atoms with E-state index in [9.17, 15) is 0 Å². The maximum absolute atomic E-state index is 2.68. The van der Waals surface area contributed by atoms with E-state index in [0.717, 1.165) is 22.7 Å². The molecule has 14 aromatic carbocycles. The van der Waals surface area contributed by atoms with Gasteiger partial charge in [0.2, 0.25) is 0 Å². The molecule has 0 saturated carbocycles. The van der Waals surface area contributed by atoms with Crippen molar-refractivity contribution in [1.29, 1.82) is 0 Å². The van der Waals surface area contributed by atoms with Gasteiger partial charge in [-0.1, -0.05) is 248 Å². The zero-order valence-corrected chi connectivity index (χ0v) is 52.7. The van der Waals surface area contributed by atoms with E-state index in [4.69, 9.17) is 0 Å². The van der Waals surface area contributed by atoms with Gasteiger partial charge < -0.3 is 14.4 Å². The Balaban J connectivity index is 0.993. The normalized spacial score (nSPS) is 13.1. The van der Waals surface area contributed by atoms with Gasteiger partial charge in [-0.2, -0.15) is 0 Å². The first-order valence-corrected chi connectivity index (χ1v) is 32.8. The van der Waals surface area contributed by atoms with Gasteiger partial charge in [0.1, 0.15) is 0 Å². The Bertz CT molecular complexity index is 5560. The lowest BCUT2D eigenvalue weighted by atomic mass is 9.36. The van der Waals surface area contributed by atoms with Crippen molar-refractivity contribution in [3.05, 3.63) is 290 Å². The highest BCUT2D eigenvalue weighted by Gasteiger charge is 2.46. The first-order chi connectivity index (χ1) is 44.4. The van der Waals surface area contributed by atoms with Gasteiger partial charge in [0, 0.05) is 53.9 Å². The van der Waals surface area contributed by atoms with Crippen LogP contribution >= 0.6 is 11.3 Å². The predicted octanol–water partition coefficient (Wildman–Crippen LogP) is 22.2. The van der Waals surface area contributed by atoms with E-state index < -0.39 is 0 Å². The summed E-state index contributed by atoms with van der Waals surface area (Å²) < 4.78 is 5.14. The van der Waals surface area contributed by atoms with E-state index in [1.54, 1.807) is 0 Å². The molecule has 0 radical (unpaired) electrons. The molecule has 18 rings (SSSR count). The molecule has 5 heteroatoms. The number of nitrogens with zero attached hydrogens (tertiary/aromatic N) is 3. The first-order valence-electron chi connectivity index (χ1n) is 32.0. The van der Waals surface area contributed by atoms with Crippen LogP contribution in [0.15, 0.2) is 279 Å². The zero-order chi connectivity index (χ0) is 61.0. The van der Waals surface area contributed by atoms with Gasteiger partial charge in [-0.15, -0.1) is 11.3 Å². The molecular formula is C86H64BN3S. The number of hydrogen-bond acceptors (Lipinski definition) is 3. The molecule has 0 saturated heterocycles. The number of fused-ring (bicyclic) bond motifs is 9. The largest absolute Gasteiger partial charge is 0.311 e. The molecule has 16 aromatic rings. The maximum Gasteiger partial charge on any atom is 0.264 e. The Morgan fingerprint density at radius 1 is 0.330 bits per heavy atom. The second-order valence-corrected chi connectivity index (χ2v) is 28.3. The summed E-state index contributed by atoms with van der Waals surface area (Å²) in [6.07, 6.45) is 0. The SMILES string of the molecule is CC(C)(C)c1ccc(N2c3cc(-n4c5ccccc5c5ccccc54)cc4c3B(c3cc(-c5cccc(-c6ccccc6)c5)ccc3N4c3ccc(C(C)(C)C)cc3-c3ccc4ccc5cccc6ccc3c4c56)c3sc4ccc(-c5ccccc5)cc4c32)cc1. The minimum Gasteiger partial charge on any atom is -0.311 e. The molecule has 0 fully saturated rings. The molecule has 0 unspecified atom stereocenters. The highest BCUT2D eigenvalue weighted by atomic mass is 32.1. The molecule has 0 atom stereocenters. The topological polar surface area (TPSA) is 11.4 Å². The van der Waals surface area contributed by atoms with Crippen molar-refractivity contribution >= 4 is 132 Å². The fourth-order valence-corrected chi connectivity index (χ4v) is 16.6. The number of rotatable bonds is 7. The summed E-state index contributed by atoms with van der Waals surface area (Å²) in [5, 5.41) is 11.4. The zero-order valence-electron chi connectivity index (χ0n) is 51.9. The van der Waals surface area contributed by atoms with E-state index in [1.807, 2.05) is 11.3 Å². The quantitative estimate of drug-likeness (QED) is 0.116. The number of anilines is 6. The molecule has 4 heterocycles. The number of benzene rings is 14. The molecule has 0 spiro atoms. The van der Waals surface area contributed by atoms with Crippen molar-refractivity contribution < 1.29 is 0 Å². The van der Waals surface area contributed by atoms with E-state index in [-0.39, 0.29) is 17.5 Å². The van der Waals surface area contributed by atoms with E-state index >= 15 is 0 Å². The third-order valence-electron chi connectivity index (χ3n) is 19.8. The fourth-order valence-electron chi connectivity index (χ4n) is 15.3. The number of para-hydroxylation sites is 2. The Kier molecular flexibility index (Phi) is 11.8. The van der Waals surface area contributed by atoms with E-state index in [0.29, 0.717) is 0 Å². The molecule has 3 nitrogen and oxygen atoms in total. The minimum absolute atomic E-state index is 0.0382.